The molecule has 20 heavy (non-hydrogen) atoms. The topological polar surface area (TPSA) is 63.2 Å². The number of carbonyl (C=O) groups is 1. The molecule has 1 aliphatic heterocycles. The Morgan fingerprint density at radius 1 is 1.35 bits per heavy atom. The first-order valence-electron chi connectivity index (χ1n) is 6.71. The fourth-order valence-electron chi connectivity index (χ4n) is 2.43. The number of halogens is 1. The molecule has 1 fully saturated rings. The molecule has 2 rings (SSSR count). The highest BCUT2D eigenvalue weighted by atomic mass is 32.2. The van der Waals surface area contributed by atoms with E-state index in [2.05, 4.69) is 5.32 Å². The molecule has 1 amide bonds. The van der Waals surface area contributed by atoms with Crippen molar-refractivity contribution in [2.24, 2.45) is 5.92 Å². The van der Waals surface area contributed by atoms with Crippen LogP contribution in [-0.2, 0) is 9.84 Å². The van der Waals surface area contributed by atoms with Crippen LogP contribution in [0.25, 0.3) is 0 Å². The smallest absolute Gasteiger partial charge is 0.254 e. The van der Waals surface area contributed by atoms with Crippen molar-refractivity contribution in [3.8, 4) is 0 Å². The summed E-state index contributed by atoms with van der Waals surface area (Å²) in [7, 11) is -2.83. The van der Waals surface area contributed by atoms with Crippen molar-refractivity contribution in [3.05, 3.63) is 35.6 Å². The Bertz CT molecular complexity index is 586. The van der Waals surface area contributed by atoms with Gasteiger partial charge in [0.2, 0.25) is 0 Å². The Kier molecular flexibility index (Phi) is 4.75. The fraction of sp³-hybridized carbons (Fsp3) is 0.500. The number of benzene rings is 1. The van der Waals surface area contributed by atoms with Gasteiger partial charge in [0.05, 0.1) is 17.1 Å². The van der Waals surface area contributed by atoms with Gasteiger partial charge in [-0.3, -0.25) is 4.79 Å². The Morgan fingerprint density at radius 3 is 2.75 bits per heavy atom. The molecule has 1 N–H and O–H groups in total. The minimum Gasteiger partial charge on any atom is -0.352 e. The van der Waals surface area contributed by atoms with Crippen LogP contribution in [0.2, 0.25) is 0 Å². The van der Waals surface area contributed by atoms with E-state index in [0.717, 1.165) is 6.42 Å². The van der Waals surface area contributed by atoms with Gasteiger partial charge in [0.1, 0.15) is 5.82 Å². The molecule has 1 saturated heterocycles. The van der Waals surface area contributed by atoms with Crippen LogP contribution in [0.15, 0.2) is 24.3 Å². The summed E-state index contributed by atoms with van der Waals surface area (Å²) in [6.45, 7) is 0.434. The molecule has 110 valence electrons. The first kappa shape index (κ1) is 15.0. The highest BCUT2D eigenvalue weighted by Gasteiger charge is 2.27. The second-order valence-corrected chi connectivity index (χ2v) is 7.38. The van der Waals surface area contributed by atoms with Gasteiger partial charge in [-0.25, -0.2) is 12.8 Å². The van der Waals surface area contributed by atoms with Crippen LogP contribution in [0.3, 0.4) is 0 Å². The zero-order chi connectivity index (χ0) is 14.6. The highest BCUT2D eigenvalue weighted by Crippen LogP contribution is 2.22. The Morgan fingerprint density at radius 2 is 2.10 bits per heavy atom. The summed E-state index contributed by atoms with van der Waals surface area (Å²) < 4.78 is 35.9. The predicted octanol–water partition coefficient (Wildman–Crippen LogP) is 1.77. The van der Waals surface area contributed by atoms with E-state index in [4.69, 9.17) is 0 Å². The molecular formula is C14H18FNO3S. The molecule has 1 aliphatic rings. The molecule has 1 heterocycles. The van der Waals surface area contributed by atoms with Crippen LogP contribution in [0, 0.1) is 11.7 Å². The molecule has 1 aromatic carbocycles. The van der Waals surface area contributed by atoms with Gasteiger partial charge < -0.3 is 5.32 Å². The maximum absolute atomic E-state index is 13.4. The van der Waals surface area contributed by atoms with Crippen molar-refractivity contribution in [2.75, 3.05) is 18.1 Å². The van der Waals surface area contributed by atoms with Gasteiger partial charge in [0, 0.05) is 6.54 Å². The lowest BCUT2D eigenvalue weighted by atomic mass is 10.0. The van der Waals surface area contributed by atoms with E-state index in [1.165, 1.54) is 18.2 Å². The molecular weight excluding hydrogens is 281 g/mol. The number of rotatable bonds is 5. The second-order valence-electron chi connectivity index (χ2n) is 5.15. The largest absolute Gasteiger partial charge is 0.352 e. The molecule has 0 aliphatic carbocycles. The summed E-state index contributed by atoms with van der Waals surface area (Å²) in [5, 5.41) is 2.66. The Labute approximate surface area is 118 Å². The molecule has 0 bridgehead atoms. The maximum Gasteiger partial charge on any atom is 0.254 e. The lowest BCUT2D eigenvalue weighted by Crippen LogP contribution is -2.25. The number of hydrogen-bond donors (Lipinski definition) is 1. The number of hydrogen-bond acceptors (Lipinski definition) is 3. The van der Waals surface area contributed by atoms with Crippen LogP contribution < -0.4 is 5.32 Å². The standard InChI is InChI=1S/C14H18FNO3S/c15-13-6-2-1-5-12(13)14(17)16-8-3-4-11-7-9-20(18,19)10-11/h1-2,5-6,11H,3-4,7-10H2,(H,16,17). The minimum atomic E-state index is -2.83. The first-order valence-corrected chi connectivity index (χ1v) is 8.53. The van der Waals surface area contributed by atoms with Crippen molar-refractivity contribution in [2.45, 2.75) is 19.3 Å². The normalized spacial score (nSPS) is 20.8. The molecule has 0 saturated carbocycles. The molecule has 0 spiro atoms. The molecule has 6 heteroatoms. The van der Waals surface area contributed by atoms with Crippen molar-refractivity contribution < 1.29 is 17.6 Å². The summed E-state index contributed by atoms with van der Waals surface area (Å²) in [5.41, 5.74) is 0.0379. The second kappa shape index (κ2) is 6.35. The van der Waals surface area contributed by atoms with Crippen LogP contribution >= 0.6 is 0 Å². The van der Waals surface area contributed by atoms with Crippen molar-refractivity contribution in [3.63, 3.8) is 0 Å². The maximum atomic E-state index is 13.4. The van der Waals surface area contributed by atoms with E-state index in [1.54, 1.807) is 6.07 Å². The van der Waals surface area contributed by atoms with Crippen molar-refractivity contribution >= 4 is 15.7 Å². The average molecular weight is 299 g/mol. The van der Waals surface area contributed by atoms with Gasteiger partial charge in [-0.2, -0.15) is 0 Å². The van der Waals surface area contributed by atoms with E-state index in [-0.39, 0.29) is 23.0 Å². The van der Waals surface area contributed by atoms with E-state index < -0.39 is 21.6 Å². The lowest BCUT2D eigenvalue weighted by molar-refractivity contribution is 0.0948. The summed E-state index contributed by atoms with van der Waals surface area (Å²) in [4.78, 5) is 11.7. The van der Waals surface area contributed by atoms with Crippen LogP contribution in [0.1, 0.15) is 29.6 Å². The zero-order valence-electron chi connectivity index (χ0n) is 11.1. The van der Waals surface area contributed by atoms with Crippen molar-refractivity contribution in [1.29, 1.82) is 0 Å². The van der Waals surface area contributed by atoms with Crippen LogP contribution in [0.5, 0.6) is 0 Å². The molecule has 0 aromatic heterocycles. The van der Waals surface area contributed by atoms with Crippen LogP contribution in [-0.4, -0.2) is 32.4 Å². The van der Waals surface area contributed by atoms with Gasteiger partial charge in [0.15, 0.2) is 9.84 Å². The van der Waals surface area contributed by atoms with Gasteiger partial charge in [-0.1, -0.05) is 12.1 Å². The van der Waals surface area contributed by atoms with Gasteiger partial charge in [-0.15, -0.1) is 0 Å². The zero-order valence-corrected chi connectivity index (χ0v) is 12.0. The summed E-state index contributed by atoms with van der Waals surface area (Å²) in [6, 6.07) is 5.83. The van der Waals surface area contributed by atoms with Crippen LogP contribution in [0.4, 0.5) is 4.39 Å². The third kappa shape index (κ3) is 4.03. The molecule has 4 nitrogen and oxygen atoms in total. The van der Waals surface area contributed by atoms with E-state index in [9.17, 15) is 17.6 Å². The Hall–Kier alpha value is -1.43. The van der Waals surface area contributed by atoms with Gasteiger partial charge in [-0.05, 0) is 37.3 Å². The lowest BCUT2D eigenvalue weighted by Gasteiger charge is -2.08. The first-order chi connectivity index (χ1) is 9.48. The fourth-order valence-corrected chi connectivity index (χ4v) is 4.34. The predicted molar refractivity (Wildman–Crippen MR) is 74.7 cm³/mol. The summed E-state index contributed by atoms with van der Waals surface area (Å²) in [5.74, 6) is -0.229. The van der Waals surface area contributed by atoms with Gasteiger partial charge in [0.25, 0.3) is 5.91 Å². The third-order valence-electron chi connectivity index (χ3n) is 3.52. The van der Waals surface area contributed by atoms with Crippen molar-refractivity contribution in [1.82, 2.24) is 5.32 Å². The number of sulfone groups is 1. The Balaban J connectivity index is 1.72. The third-order valence-corrected chi connectivity index (χ3v) is 5.36. The van der Waals surface area contributed by atoms with E-state index in [1.807, 2.05) is 0 Å². The summed E-state index contributed by atoms with van der Waals surface area (Å²) >= 11 is 0. The SMILES string of the molecule is O=C(NCCCC1CCS(=O)(=O)C1)c1ccccc1F. The van der Waals surface area contributed by atoms with E-state index >= 15 is 0 Å². The monoisotopic (exact) mass is 299 g/mol. The molecule has 0 radical (unpaired) electrons. The number of amides is 1. The van der Waals surface area contributed by atoms with E-state index in [0.29, 0.717) is 19.4 Å². The molecule has 1 atom stereocenters. The summed E-state index contributed by atoms with van der Waals surface area (Å²) in [6.07, 6.45) is 2.20. The number of carbonyl (C=O) groups excluding carboxylic acids is 1. The molecule has 1 aromatic rings. The number of nitrogens with one attached hydrogen (secondary N) is 1. The quantitative estimate of drug-likeness (QED) is 0.843. The molecule has 1 unspecified atom stereocenters. The van der Waals surface area contributed by atoms with Gasteiger partial charge >= 0.3 is 0 Å². The highest BCUT2D eigenvalue weighted by molar-refractivity contribution is 7.91. The minimum absolute atomic E-state index is 0.0379. The average Bonchev–Trinajstić information content (AvgIpc) is 2.74.